The number of amides is 1. The molecule has 0 aromatic carbocycles. The molecule has 0 atom stereocenters. The van der Waals surface area contributed by atoms with E-state index in [0.29, 0.717) is 18.7 Å². The fraction of sp³-hybridized carbons (Fsp3) is 0.455. The summed E-state index contributed by atoms with van der Waals surface area (Å²) < 4.78 is 0. The van der Waals surface area contributed by atoms with Crippen molar-refractivity contribution in [1.29, 1.82) is 0 Å². The molecule has 0 unspecified atom stereocenters. The summed E-state index contributed by atoms with van der Waals surface area (Å²) in [5, 5.41) is 8.81. The van der Waals surface area contributed by atoms with Crippen LogP contribution >= 0.6 is 0 Å². The van der Waals surface area contributed by atoms with Crippen LogP contribution in [-0.2, 0) is 0 Å². The van der Waals surface area contributed by atoms with Crippen LogP contribution in [0.5, 0.6) is 0 Å². The maximum atomic E-state index is 11.9. The Morgan fingerprint density at radius 2 is 2.33 bits per heavy atom. The van der Waals surface area contributed by atoms with E-state index in [-0.39, 0.29) is 12.5 Å². The van der Waals surface area contributed by atoms with Crippen molar-refractivity contribution < 1.29 is 9.90 Å². The summed E-state index contributed by atoms with van der Waals surface area (Å²) in [4.78, 5) is 17.5. The van der Waals surface area contributed by atoms with Gasteiger partial charge in [0.15, 0.2) is 0 Å². The molecule has 0 aliphatic rings. The fourth-order valence-corrected chi connectivity index (χ4v) is 1.39. The number of aliphatic hydroxyl groups excluding tert-OH is 1. The molecule has 0 spiro atoms. The molecule has 0 fully saturated rings. The van der Waals surface area contributed by atoms with E-state index in [1.165, 1.54) is 0 Å². The lowest BCUT2D eigenvalue weighted by molar-refractivity contribution is 0.0732. The second-order valence-electron chi connectivity index (χ2n) is 3.29. The minimum atomic E-state index is -0.0583. The second-order valence-corrected chi connectivity index (χ2v) is 3.29. The van der Waals surface area contributed by atoms with Crippen LogP contribution in [0.2, 0.25) is 0 Å². The first-order valence-electron chi connectivity index (χ1n) is 5.01. The monoisotopic (exact) mass is 208 g/mol. The van der Waals surface area contributed by atoms with Gasteiger partial charge in [0.2, 0.25) is 0 Å². The predicted octanol–water partition coefficient (Wildman–Crippen LogP) is 0.844. The molecule has 4 nitrogen and oxygen atoms in total. The molecule has 1 rings (SSSR count). The molecule has 1 amide bonds. The van der Waals surface area contributed by atoms with E-state index < -0.39 is 0 Å². The molecule has 0 aliphatic heterocycles. The van der Waals surface area contributed by atoms with Crippen molar-refractivity contribution in [1.82, 2.24) is 9.88 Å². The van der Waals surface area contributed by atoms with Crippen molar-refractivity contribution in [2.45, 2.75) is 13.8 Å². The molecule has 0 aliphatic carbocycles. The first-order chi connectivity index (χ1) is 7.19. The largest absolute Gasteiger partial charge is 0.395 e. The number of hydrogen-bond acceptors (Lipinski definition) is 3. The highest BCUT2D eigenvalue weighted by molar-refractivity contribution is 5.94. The Kier molecular flexibility index (Phi) is 4.24. The normalized spacial score (nSPS) is 10.1. The van der Waals surface area contributed by atoms with Crippen LogP contribution in [0.25, 0.3) is 0 Å². The molecular weight excluding hydrogens is 192 g/mol. The third kappa shape index (κ3) is 3.02. The van der Waals surface area contributed by atoms with E-state index in [9.17, 15) is 4.79 Å². The Morgan fingerprint density at radius 3 is 2.87 bits per heavy atom. The van der Waals surface area contributed by atoms with Crippen molar-refractivity contribution in [2.24, 2.45) is 0 Å². The average Bonchev–Trinajstić information content (AvgIpc) is 2.25. The summed E-state index contributed by atoms with van der Waals surface area (Å²) in [5.74, 6) is -0.0583. The quantitative estimate of drug-likeness (QED) is 0.798. The third-order valence-corrected chi connectivity index (χ3v) is 2.18. The molecule has 1 heterocycles. The van der Waals surface area contributed by atoms with Crippen LogP contribution in [-0.4, -0.2) is 40.6 Å². The Balaban J connectivity index is 2.82. The van der Waals surface area contributed by atoms with Gasteiger partial charge in [-0.05, 0) is 26.0 Å². The van der Waals surface area contributed by atoms with Gasteiger partial charge < -0.3 is 10.0 Å². The summed E-state index contributed by atoms with van der Waals surface area (Å²) in [7, 11) is 0. The van der Waals surface area contributed by atoms with E-state index in [2.05, 4.69) is 4.98 Å². The van der Waals surface area contributed by atoms with Crippen LogP contribution in [0.3, 0.4) is 0 Å². The molecule has 1 aromatic heterocycles. The summed E-state index contributed by atoms with van der Waals surface area (Å²) in [6.07, 6.45) is 1.62. The SMILES string of the molecule is CCN(CCO)C(=O)c1ccnc(C)c1. The third-order valence-electron chi connectivity index (χ3n) is 2.18. The van der Waals surface area contributed by atoms with Gasteiger partial charge in [-0.2, -0.15) is 0 Å². The molecule has 0 saturated carbocycles. The van der Waals surface area contributed by atoms with Gasteiger partial charge in [-0.25, -0.2) is 0 Å². The van der Waals surface area contributed by atoms with Crippen molar-refractivity contribution >= 4 is 5.91 Å². The lowest BCUT2D eigenvalue weighted by atomic mass is 10.2. The van der Waals surface area contributed by atoms with Crippen LogP contribution < -0.4 is 0 Å². The number of pyridine rings is 1. The van der Waals surface area contributed by atoms with Gasteiger partial charge in [0.05, 0.1) is 6.61 Å². The van der Waals surface area contributed by atoms with Crippen LogP contribution in [0.1, 0.15) is 23.0 Å². The molecule has 4 heteroatoms. The summed E-state index contributed by atoms with van der Waals surface area (Å²) >= 11 is 0. The summed E-state index contributed by atoms with van der Waals surface area (Å²) in [6.45, 7) is 4.70. The van der Waals surface area contributed by atoms with E-state index in [1.807, 2.05) is 13.8 Å². The highest BCUT2D eigenvalue weighted by Gasteiger charge is 2.13. The van der Waals surface area contributed by atoms with E-state index in [4.69, 9.17) is 5.11 Å². The smallest absolute Gasteiger partial charge is 0.254 e. The number of likely N-dealkylation sites (N-methyl/N-ethyl adjacent to an activating group) is 1. The Bertz CT molecular complexity index is 339. The highest BCUT2D eigenvalue weighted by Crippen LogP contribution is 2.05. The zero-order valence-corrected chi connectivity index (χ0v) is 9.10. The maximum absolute atomic E-state index is 11.9. The number of aliphatic hydroxyl groups is 1. The number of carbonyl (C=O) groups is 1. The number of aromatic nitrogens is 1. The van der Waals surface area contributed by atoms with Crippen LogP contribution in [0.4, 0.5) is 0 Å². The lowest BCUT2D eigenvalue weighted by Crippen LogP contribution is -2.33. The summed E-state index contributed by atoms with van der Waals surface area (Å²) in [6, 6.07) is 3.44. The zero-order chi connectivity index (χ0) is 11.3. The minimum absolute atomic E-state index is 0.0103. The first-order valence-corrected chi connectivity index (χ1v) is 5.01. The van der Waals surface area contributed by atoms with Gasteiger partial charge in [-0.15, -0.1) is 0 Å². The topological polar surface area (TPSA) is 53.4 Å². The van der Waals surface area contributed by atoms with E-state index >= 15 is 0 Å². The molecule has 0 radical (unpaired) electrons. The van der Waals surface area contributed by atoms with E-state index in [1.54, 1.807) is 23.2 Å². The molecule has 1 aromatic rings. The average molecular weight is 208 g/mol. The van der Waals surface area contributed by atoms with Gasteiger partial charge in [0.25, 0.3) is 5.91 Å². The number of aryl methyl sites for hydroxylation is 1. The number of rotatable bonds is 4. The minimum Gasteiger partial charge on any atom is -0.395 e. The number of carbonyl (C=O) groups excluding carboxylic acids is 1. The Labute approximate surface area is 89.6 Å². The zero-order valence-electron chi connectivity index (χ0n) is 9.10. The van der Waals surface area contributed by atoms with Gasteiger partial charge >= 0.3 is 0 Å². The Morgan fingerprint density at radius 1 is 1.60 bits per heavy atom. The van der Waals surface area contributed by atoms with Crippen LogP contribution in [0.15, 0.2) is 18.3 Å². The molecule has 0 saturated heterocycles. The number of nitrogens with zero attached hydrogens (tertiary/aromatic N) is 2. The Hall–Kier alpha value is -1.42. The predicted molar refractivity (Wildman–Crippen MR) is 57.6 cm³/mol. The highest BCUT2D eigenvalue weighted by atomic mass is 16.3. The van der Waals surface area contributed by atoms with Gasteiger partial charge in [-0.3, -0.25) is 9.78 Å². The van der Waals surface area contributed by atoms with Crippen LogP contribution in [0, 0.1) is 6.92 Å². The van der Waals surface area contributed by atoms with Gasteiger partial charge in [0, 0.05) is 30.5 Å². The van der Waals surface area contributed by atoms with E-state index in [0.717, 1.165) is 5.69 Å². The molecule has 82 valence electrons. The van der Waals surface area contributed by atoms with Crippen molar-refractivity contribution in [2.75, 3.05) is 19.7 Å². The van der Waals surface area contributed by atoms with Gasteiger partial charge in [0.1, 0.15) is 0 Å². The van der Waals surface area contributed by atoms with Crippen molar-refractivity contribution in [3.63, 3.8) is 0 Å². The summed E-state index contributed by atoms with van der Waals surface area (Å²) in [5.41, 5.74) is 1.44. The second kappa shape index (κ2) is 5.46. The standard InChI is InChI=1S/C11H16N2O2/c1-3-13(6-7-14)11(15)10-4-5-12-9(2)8-10/h4-5,8,14H,3,6-7H2,1-2H3. The maximum Gasteiger partial charge on any atom is 0.254 e. The van der Waals surface area contributed by atoms with Crippen molar-refractivity contribution in [3.8, 4) is 0 Å². The lowest BCUT2D eigenvalue weighted by Gasteiger charge is -2.19. The first kappa shape index (κ1) is 11.7. The van der Waals surface area contributed by atoms with Gasteiger partial charge in [-0.1, -0.05) is 0 Å². The molecule has 15 heavy (non-hydrogen) atoms. The van der Waals surface area contributed by atoms with Crippen molar-refractivity contribution in [3.05, 3.63) is 29.6 Å². The fourth-order valence-electron chi connectivity index (χ4n) is 1.39. The molecule has 0 bridgehead atoms. The number of hydrogen-bond donors (Lipinski definition) is 1. The molecular formula is C11H16N2O2. The molecule has 1 N–H and O–H groups in total.